The van der Waals surface area contributed by atoms with E-state index < -0.39 is 5.97 Å². The van der Waals surface area contributed by atoms with Gasteiger partial charge in [0.05, 0.1) is 5.56 Å². The SMILES string of the molecule is O=CC1CCN(c2ccc(C(=O)O)cc2)CC1. The number of rotatable bonds is 3. The Labute approximate surface area is 99.9 Å². The van der Waals surface area contributed by atoms with Gasteiger partial charge in [0.2, 0.25) is 0 Å². The smallest absolute Gasteiger partial charge is 0.335 e. The zero-order valence-electron chi connectivity index (χ0n) is 9.50. The molecule has 4 heteroatoms. The standard InChI is InChI=1S/C13H15NO3/c15-9-10-5-7-14(8-6-10)12-3-1-11(2-4-12)13(16)17/h1-4,9-10H,5-8H2,(H,16,17). The third-order valence-corrected chi connectivity index (χ3v) is 3.21. The number of piperidine rings is 1. The van der Waals surface area contributed by atoms with Crippen molar-refractivity contribution >= 4 is 17.9 Å². The summed E-state index contributed by atoms with van der Waals surface area (Å²) in [5.74, 6) is -0.722. The van der Waals surface area contributed by atoms with E-state index in [2.05, 4.69) is 4.90 Å². The van der Waals surface area contributed by atoms with Crippen molar-refractivity contribution < 1.29 is 14.7 Å². The number of hydrogen-bond donors (Lipinski definition) is 1. The Kier molecular flexibility index (Phi) is 3.42. The Bertz CT molecular complexity index is 405. The Morgan fingerprint density at radius 1 is 1.24 bits per heavy atom. The molecule has 1 heterocycles. The van der Waals surface area contributed by atoms with Gasteiger partial charge in [0.15, 0.2) is 0 Å². The van der Waals surface area contributed by atoms with Gasteiger partial charge in [0, 0.05) is 24.7 Å². The van der Waals surface area contributed by atoms with Crippen molar-refractivity contribution in [3.8, 4) is 0 Å². The van der Waals surface area contributed by atoms with Crippen LogP contribution in [0.3, 0.4) is 0 Å². The minimum absolute atomic E-state index is 0.185. The number of carbonyl (C=O) groups is 2. The lowest BCUT2D eigenvalue weighted by Crippen LogP contribution is -2.34. The van der Waals surface area contributed by atoms with Crippen molar-refractivity contribution in [2.75, 3.05) is 18.0 Å². The van der Waals surface area contributed by atoms with Gasteiger partial charge in [-0.15, -0.1) is 0 Å². The monoisotopic (exact) mass is 233 g/mol. The van der Waals surface area contributed by atoms with E-state index in [-0.39, 0.29) is 5.92 Å². The van der Waals surface area contributed by atoms with Crippen molar-refractivity contribution in [3.05, 3.63) is 29.8 Å². The summed E-state index contributed by atoms with van der Waals surface area (Å²) in [5, 5.41) is 8.80. The average Bonchev–Trinajstić information content (AvgIpc) is 2.39. The van der Waals surface area contributed by atoms with E-state index in [1.807, 2.05) is 12.1 Å². The molecule has 1 saturated heterocycles. The van der Waals surface area contributed by atoms with Crippen LogP contribution >= 0.6 is 0 Å². The molecule has 4 nitrogen and oxygen atoms in total. The molecule has 0 spiro atoms. The van der Waals surface area contributed by atoms with Crippen molar-refractivity contribution in [3.63, 3.8) is 0 Å². The molecule has 0 atom stereocenters. The minimum Gasteiger partial charge on any atom is -0.478 e. The highest BCUT2D eigenvalue weighted by molar-refractivity contribution is 5.88. The van der Waals surface area contributed by atoms with E-state index in [0.29, 0.717) is 5.56 Å². The molecule has 17 heavy (non-hydrogen) atoms. The number of carboxylic acids is 1. The Morgan fingerprint density at radius 3 is 2.29 bits per heavy atom. The lowest BCUT2D eigenvalue weighted by molar-refractivity contribution is -0.111. The van der Waals surface area contributed by atoms with Crippen LogP contribution in [-0.2, 0) is 4.79 Å². The predicted molar refractivity (Wildman–Crippen MR) is 64.4 cm³/mol. The van der Waals surface area contributed by atoms with E-state index in [1.165, 1.54) is 0 Å². The topological polar surface area (TPSA) is 57.6 Å². The molecule has 1 aliphatic heterocycles. The van der Waals surface area contributed by atoms with Gasteiger partial charge >= 0.3 is 5.97 Å². The molecule has 1 fully saturated rings. The van der Waals surface area contributed by atoms with Crippen LogP contribution in [-0.4, -0.2) is 30.5 Å². The number of carboxylic acid groups (broad SMARTS) is 1. The summed E-state index contributed by atoms with van der Waals surface area (Å²) in [5.41, 5.74) is 1.33. The average molecular weight is 233 g/mol. The van der Waals surface area contributed by atoms with Crippen molar-refractivity contribution in [1.29, 1.82) is 0 Å². The Balaban J connectivity index is 2.03. The van der Waals surface area contributed by atoms with Gasteiger partial charge < -0.3 is 14.8 Å². The molecule has 1 N–H and O–H groups in total. The third-order valence-electron chi connectivity index (χ3n) is 3.21. The summed E-state index contributed by atoms with van der Waals surface area (Å²) in [4.78, 5) is 23.5. The second-order valence-corrected chi connectivity index (χ2v) is 4.31. The fourth-order valence-electron chi connectivity index (χ4n) is 2.11. The molecule has 0 unspecified atom stereocenters. The number of aldehydes is 1. The fourth-order valence-corrected chi connectivity index (χ4v) is 2.11. The van der Waals surface area contributed by atoms with Crippen LogP contribution in [0.2, 0.25) is 0 Å². The molecule has 0 aliphatic carbocycles. The number of benzene rings is 1. The highest BCUT2D eigenvalue weighted by Crippen LogP contribution is 2.22. The molecule has 0 bridgehead atoms. The highest BCUT2D eigenvalue weighted by atomic mass is 16.4. The molecular weight excluding hydrogens is 218 g/mol. The summed E-state index contributed by atoms with van der Waals surface area (Å²) in [7, 11) is 0. The number of hydrogen-bond acceptors (Lipinski definition) is 3. The number of nitrogens with zero attached hydrogens (tertiary/aromatic N) is 1. The van der Waals surface area contributed by atoms with Crippen LogP contribution in [0.25, 0.3) is 0 Å². The van der Waals surface area contributed by atoms with Crippen LogP contribution < -0.4 is 4.90 Å². The first-order valence-corrected chi connectivity index (χ1v) is 5.74. The molecule has 0 amide bonds. The number of aromatic carboxylic acids is 1. The van der Waals surface area contributed by atoms with Crippen LogP contribution in [0.4, 0.5) is 5.69 Å². The largest absolute Gasteiger partial charge is 0.478 e. The summed E-state index contributed by atoms with van der Waals surface area (Å²) in [6.45, 7) is 1.71. The number of anilines is 1. The maximum absolute atomic E-state index is 10.7. The third kappa shape index (κ3) is 2.64. The molecule has 1 aromatic carbocycles. The van der Waals surface area contributed by atoms with Gasteiger partial charge in [0.1, 0.15) is 6.29 Å². The lowest BCUT2D eigenvalue weighted by Gasteiger charge is -2.31. The molecule has 0 saturated carbocycles. The summed E-state index contributed by atoms with van der Waals surface area (Å²) in [6, 6.07) is 6.88. The van der Waals surface area contributed by atoms with Crippen LogP contribution in [0.1, 0.15) is 23.2 Å². The highest BCUT2D eigenvalue weighted by Gasteiger charge is 2.18. The lowest BCUT2D eigenvalue weighted by atomic mass is 9.98. The van der Waals surface area contributed by atoms with Crippen LogP contribution in [0.5, 0.6) is 0 Å². The molecule has 2 rings (SSSR count). The van der Waals surface area contributed by atoms with Gasteiger partial charge in [-0.2, -0.15) is 0 Å². The Hall–Kier alpha value is -1.84. The zero-order chi connectivity index (χ0) is 12.3. The first kappa shape index (κ1) is 11.6. The molecule has 1 aliphatic rings. The van der Waals surface area contributed by atoms with E-state index >= 15 is 0 Å². The van der Waals surface area contributed by atoms with Crippen molar-refractivity contribution in [2.24, 2.45) is 5.92 Å². The minimum atomic E-state index is -0.906. The van der Waals surface area contributed by atoms with Gasteiger partial charge in [-0.25, -0.2) is 4.79 Å². The molecule has 0 radical (unpaired) electrons. The van der Waals surface area contributed by atoms with Gasteiger partial charge in [-0.1, -0.05) is 0 Å². The second-order valence-electron chi connectivity index (χ2n) is 4.31. The molecule has 90 valence electrons. The van der Waals surface area contributed by atoms with Gasteiger partial charge in [-0.05, 0) is 37.1 Å². The van der Waals surface area contributed by atoms with E-state index in [0.717, 1.165) is 37.9 Å². The van der Waals surface area contributed by atoms with Gasteiger partial charge in [-0.3, -0.25) is 0 Å². The number of carbonyl (C=O) groups excluding carboxylic acids is 1. The Morgan fingerprint density at radius 2 is 1.82 bits per heavy atom. The van der Waals surface area contributed by atoms with Crippen LogP contribution in [0.15, 0.2) is 24.3 Å². The second kappa shape index (κ2) is 4.99. The summed E-state index contributed by atoms with van der Waals surface area (Å²) < 4.78 is 0. The first-order valence-electron chi connectivity index (χ1n) is 5.74. The summed E-state index contributed by atoms with van der Waals surface area (Å²) in [6.07, 6.45) is 2.79. The molecule has 0 aromatic heterocycles. The quantitative estimate of drug-likeness (QED) is 0.809. The van der Waals surface area contributed by atoms with Crippen molar-refractivity contribution in [1.82, 2.24) is 0 Å². The van der Waals surface area contributed by atoms with E-state index in [1.54, 1.807) is 12.1 Å². The normalized spacial score (nSPS) is 16.8. The van der Waals surface area contributed by atoms with Crippen molar-refractivity contribution in [2.45, 2.75) is 12.8 Å². The fraction of sp³-hybridized carbons (Fsp3) is 0.385. The summed E-state index contributed by atoms with van der Waals surface area (Å²) >= 11 is 0. The first-order chi connectivity index (χ1) is 8.20. The van der Waals surface area contributed by atoms with E-state index in [9.17, 15) is 9.59 Å². The van der Waals surface area contributed by atoms with Crippen LogP contribution in [0, 0.1) is 5.92 Å². The molecular formula is C13H15NO3. The maximum atomic E-state index is 10.7. The van der Waals surface area contributed by atoms with Gasteiger partial charge in [0.25, 0.3) is 0 Å². The predicted octanol–water partition coefficient (Wildman–Crippen LogP) is 1.80. The van der Waals surface area contributed by atoms with E-state index in [4.69, 9.17) is 5.11 Å². The molecule has 1 aromatic rings. The maximum Gasteiger partial charge on any atom is 0.335 e. The zero-order valence-corrected chi connectivity index (χ0v) is 9.50.